The van der Waals surface area contributed by atoms with E-state index in [4.69, 9.17) is 0 Å². The topological polar surface area (TPSA) is 41.6 Å². The molecular weight excluding hydrogens is 229 g/mol. The van der Waals surface area contributed by atoms with Crippen molar-refractivity contribution < 1.29 is 4.39 Å². The van der Waals surface area contributed by atoms with Crippen LogP contribution >= 0.6 is 0 Å². The molecule has 0 saturated heterocycles. The van der Waals surface area contributed by atoms with E-state index in [1.807, 2.05) is 25.1 Å². The summed E-state index contributed by atoms with van der Waals surface area (Å²) in [5.74, 6) is 0.416. The van der Waals surface area contributed by atoms with Crippen molar-refractivity contribution in [2.45, 2.75) is 13.8 Å². The van der Waals surface area contributed by atoms with Crippen molar-refractivity contribution >= 4 is 11.2 Å². The number of nitrogens with one attached hydrogen (secondary N) is 1. The Bertz CT molecular complexity index is 731. The largest absolute Gasteiger partial charge is 0.337 e. The highest BCUT2D eigenvalue weighted by atomic mass is 19.1. The number of rotatable bonds is 1. The Morgan fingerprint density at radius 1 is 1.06 bits per heavy atom. The van der Waals surface area contributed by atoms with Gasteiger partial charge in [-0.2, -0.15) is 0 Å². The van der Waals surface area contributed by atoms with Crippen molar-refractivity contribution in [3.63, 3.8) is 0 Å². The molecule has 3 nitrogen and oxygen atoms in total. The molecule has 0 aliphatic heterocycles. The third kappa shape index (κ3) is 1.76. The number of halogens is 1. The normalized spacial score (nSPS) is 11.1. The van der Waals surface area contributed by atoms with Crippen LogP contribution in [0.4, 0.5) is 4.39 Å². The Labute approximate surface area is 104 Å². The quantitative estimate of drug-likeness (QED) is 0.709. The van der Waals surface area contributed by atoms with Gasteiger partial charge >= 0.3 is 0 Å². The smallest absolute Gasteiger partial charge is 0.178 e. The zero-order chi connectivity index (χ0) is 12.7. The van der Waals surface area contributed by atoms with Crippen LogP contribution < -0.4 is 0 Å². The van der Waals surface area contributed by atoms with Gasteiger partial charge in [-0.25, -0.2) is 14.4 Å². The summed E-state index contributed by atoms with van der Waals surface area (Å²) < 4.78 is 13.5. The molecule has 18 heavy (non-hydrogen) atoms. The first-order valence-corrected chi connectivity index (χ1v) is 5.73. The molecule has 0 aliphatic carbocycles. The molecule has 4 heteroatoms. The van der Waals surface area contributed by atoms with Crippen LogP contribution in [-0.4, -0.2) is 15.0 Å². The first kappa shape index (κ1) is 10.9. The van der Waals surface area contributed by atoms with Crippen molar-refractivity contribution in [2.75, 3.05) is 0 Å². The molecule has 0 saturated carbocycles. The van der Waals surface area contributed by atoms with Crippen molar-refractivity contribution in [3.8, 4) is 11.4 Å². The van der Waals surface area contributed by atoms with Crippen LogP contribution in [0.2, 0.25) is 0 Å². The standard InChI is InChI=1S/C14H12FN3/c1-8-3-5-10(7-11(8)15)13-17-12-6-4-9(2)16-14(12)18-13/h3-7H,1-2H3,(H,16,17,18). The minimum atomic E-state index is -0.225. The molecule has 0 fully saturated rings. The number of fused-ring (bicyclic) bond motifs is 1. The van der Waals surface area contributed by atoms with E-state index in [2.05, 4.69) is 15.0 Å². The highest BCUT2D eigenvalue weighted by Crippen LogP contribution is 2.21. The fourth-order valence-corrected chi connectivity index (χ4v) is 1.86. The highest BCUT2D eigenvalue weighted by Gasteiger charge is 2.08. The highest BCUT2D eigenvalue weighted by molar-refractivity contribution is 5.76. The van der Waals surface area contributed by atoms with Gasteiger partial charge in [-0.1, -0.05) is 12.1 Å². The second-order valence-corrected chi connectivity index (χ2v) is 4.37. The van der Waals surface area contributed by atoms with E-state index in [0.29, 0.717) is 17.0 Å². The van der Waals surface area contributed by atoms with Crippen LogP contribution in [0, 0.1) is 19.7 Å². The molecule has 1 aromatic carbocycles. The summed E-state index contributed by atoms with van der Waals surface area (Å²) in [7, 11) is 0. The van der Waals surface area contributed by atoms with Crippen molar-refractivity contribution in [1.82, 2.24) is 15.0 Å². The molecule has 0 spiro atoms. The average molecular weight is 241 g/mol. The van der Waals surface area contributed by atoms with Crippen LogP contribution in [0.15, 0.2) is 30.3 Å². The number of aromatic amines is 1. The van der Waals surface area contributed by atoms with Gasteiger partial charge in [-0.15, -0.1) is 0 Å². The summed E-state index contributed by atoms with van der Waals surface area (Å²) in [6.07, 6.45) is 0. The predicted molar refractivity (Wildman–Crippen MR) is 68.8 cm³/mol. The lowest BCUT2D eigenvalue weighted by molar-refractivity contribution is 0.619. The molecule has 0 atom stereocenters. The number of hydrogen-bond acceptors (Lipinski definition) is 2. The van der Waals surface area contributed by atoms with E-state index in [-0.39, 0.29) is 5.82 Å². The SMILES string of the molecule is Cc1ccc2[nH]c(-c3ccc(C)c(F)c3)nc2n1. The summed E-state index contributed by atoms with van der Waals surface area (Å²) in [6, 6.07) is 8.93. The van der Waals surface area contributed by atoms with E-state index in [0.717, 1.165) is 16.8 Å². The third-order valence-corrected chi connectivity index (χ3v) is 2.93. The average Bonchev–Trinajstić information content (AvgIpc) is 2.75. The van der Waals surface area contributed by atoms with Gasteiger partial charge < -0.3 is 4.98 Å². The summed E-state index contributed by atoms with van der Waals surface area (Å²) >= 11 is 0. The van der Waals surface area contributed by atoms with Gasteiger partial charge in [0.05, 0.1) is 5.52 Å². The van der Waals surface area contributed by atoms with Crippen LogP contribution in [0.3, 0.4) is 0 Å². The second kappa shape index (κ2) is 3.91. The van der Waals surface area contributed by atoms with Crippen molar-refractivity contribution in [3.05, 3.63) is 47.4 Å². The van der Waals surface area contributed by atoms with Gasteiger partial charge in [0.25, 0.3) is 0 Å². The van der Waals surface area contributed by atoms with Gasteiger partial charge in [-0.3, -0.25) is 0 Å². The maximum atomic E-state index is 13.5. The first-order valence-electron chi connectivity index (χ1n) is 5.73. The van der Waals surface area contributed by atoms with Crippen LogP contribution in [-0.2, 0) is 0 Å². The fraction of sp³-hybridized carbons (Fsp3) is 0.143. The molecule has 0 radical (unpaired) electrons. The van der Waals surface area contributed by atoms with E-state index in [1.54, 1.807) is 13.0 Å². The Balaban J connectivity index is 2.16. The van der Waals surface area contributed by atoms with Crippen LogP contribution in [0.1, 0.15) is 11.3 Å². The number of H-pyrrole nitrogens is 1. The van der Waals surface area contributed by atoms with Gasteiger partial charge in [0.15, 0.2) is 5.65 Å². The third-order valence-electron chi connectivity index (χ3n) is 2.93. The maximum absolute atomic E-state index is 13.5. The van der Waals surface area contributed by atoms with Gasteiger partial charge in [0.1, 0.15) is 11.6 Å². The second-order valence-electron chi connectivity index (χ2n) is 4.37. The van der Waals surface area contributed by atoms with Crippen LogP contribution in [0.25, 0.3) is 22.6 Å². The summed E-state index contributed by atoms with van der Waals surface area (Å²) in [5.41, 5.74) is 3.79. The molecule has 90 valence electrons. The van der Waals surface area contributed by atoms with Crippen LogP contribution in [0.5, 0.6) is 0 Å². The molecule has 3 rings (SSSR count). The zero-order valence-electron chi connectivity index (χ0n) is 10.2. The minimum absolute atomic E-state index is 0.225. The number of benzene rings is 1. The molecular formula is C14H12FN3. The predicted octanol–water partition coefficient (Wildman–Crippen LogP) is 3.38. The van der Waals surface area contributed by atoms with Crippen molar-refractivity contribution in [2.24, 2.45) is 0 Å². The number of pyridine rings is 1. The maximum Gasteiger partial charge on any atom is 0.178 e. The Morgan fingerprint density at radius 3 is 2.67 bits per heavy atom. The Kier molecular flexibility index (Phi) is 2.37. The lowest BCUT2D eigenvalue weighted by Gasteiger charge is -1.99. The Morgan fingerprint density at radius 2 is 1.89 bits per heavy atom. The zero-order valence-corrected chi connectivity index (χ0v) is 10.2. The van der Waals surface area contributed by atoms with Gasteiger partial charge in [-0.05, 0) is 37.6 Å². The fourth-order valence-electron chi connectivity index (χ4n) is 1.86. The number of imidazole rings is 1. The lowest BCUT2D eigenvalue weighted by Crippen LogP contribution is -1.85. The summed E-state index contributed by atoms with van der Waals surface area (Å²) in [5, 5.41) is 0. The van der Waals surface area contributed by atoms with Gasteiger partial charge in [0, 0.05) is 11.3 Å². The number of aryl methyl sites for hydroxylation is 2. The van der Waals surface area contributed by atoms with Gasteiger partial charge in [0.2, 0.25) is 0 Å². The summed E-state index contributed by atoms with van der Waals surface area (Å²) in [4.78, 5) is 11.9. The molecule has 0 bridgehead atoms. The van der Waals surface area contributed by atoms with E-state index >= 15 is 0 Å². The minimum Gasteiger partial charge on any atom is -0.337 e. The summed E-state index contributed by atoms with van der Waals surface area (Å²) in [6.45, 7) is 3.65. The molecule has 0 aliphatic rings. The molecule has 2 aromatic heterocycles. The molecule has 3 aromatic rings. The molecule has 1 N–H and O–H groups in total. The number of hydrogen-bond donors (Lipinski definition) is 1. The molecule has 0 amide bonds. The number of nitrogens with zero attached hydrogens (tertiary/aromatic N) is 2. The van der Waals surface area contributed by atoms with E-state index < -0.39 is 0 Å². The lowest BCUT2D eigenvalue weighted by atomic mass is 10.1. The first-order chi connectivity index (χ1) is 8.63. The van der Waals surface area contributed by atoms with E-state index in [9.17, 15) is 4.39 Å². The Hall–Kier alpha value is -2.23. The van der Waals surface area contributed by atoms with E-state index in [1.165, 1.54) is 6.07 Å². The van der Waals surface area contributed by atoms with Crippen molar-refractivity contribution in [1.29, 1.82) is 0 Å². The molecule has 2 heterocycles. The molecule has 0 unspecified atom stereocenters. The monoisotopic (exact) mass is 241 g/mol. The number of aromatic nitrogens is 3.